The van der Waals surface area contributed by atoms with Gasteiger partial charge in [-0.2, -0.15) is 0 Å². The Hall–Kier alpha value is -1.59. The topological polar surface area (TPSA) is 61.8 Å². The van der Waals surface area contributed by atoms with Crippen molar-refractivity contribution in [2.75, 3.05) is 26.7 Å². The largest absolute Gasteiger partial charge is 0.497 e. The number of amides is 1. The van der Waals surface area contributed by atoms with Gasteiger partial charge in [0, 0.05) is 6.54 Å². The Labute approximate surface area is 145 Å². The number of aliphatic hydroxyl groups is 1. The van der Waals surface area contributed by atoms with Crippen molar-refractivity contribution >= 4 is 5.91 Å². The SMILES string of the molecule is CCN(CC)C(CNC(=O)C1(O)CCCC1)c1cccc(OC)c1. The molecule has 2 N–H and O–H groups in total. The van der Waals surface area contributed by atoms with Crippen LogP contribution in [0.5, 0.6) is 5.75 Å². The fourth-order valence-corrected chi connectivity index (χ4v) is 3.51. The molecular weight excluding hydrogens is 304 g/mol. The van der Waals surface area contributed by atoms with Crippen LogP contribution >= 0.6 is 0 Å². The lowest BCUT2D eigenvalue weighted by Gasteiger charge is -2.31. The van der Waals surface area contributed by atoms with Gasteiger partial charge in [-0.1, -0.05) is 26.0 Å². The summed E-state index contributed by atoms with van der Waals surface area (Å²) in [4.78, 5) is 14.7. The Kier molecular flexibility index (Phi) is 6.63. The van der Waals surface area contributed by atoms with Crippen molar-refractivity contribution in [1.82, 2.24) is 10.2 Å². The van der Waals surface area contributed by atoms with E-state index in [1.165, 1.54) is 0 Å². The average molecular weight is 334 g/mol. The molecule has 0 saturated heterocycles. The number of nitrogens with one attached hydrogen (secondary N) is 1. The number of likely N-dealkylation sites (N-methyl/N-ethyl adjacent to an activating group) is 1. The Morgan fingerprint density at radius 2 is 2.00 bits per heavy atom. The number of hydrogen-bond donors (Lipinski definition) is 2. The zero-order chi connectivity index (χ0) is 17.6. The monoisotopic (exact) mass is 334 g/mol. The Morgan fingerprint density at radius 1 is 1.33 bits per heavy atom. The van der Waals surface area contributed by atoms with Crippen LogP contribution in [0.3, 0.4) is 0 Å². The summed E-state index contributed by atoms with van der Waals surface area (Å²) in [6.45, 7) is 6.49. The predicted octanol–water partition coefficient (Wildman–Crippen LogP) is 2.50. The lowest BCUT2D eigenvalue weighted by molar-refractivity contribution is -0.139. The molecule has 24 heavy (non-hydrogen) atoms. The fraction of sp³-hybridized carbons (Fsp3) is 0.632. The highest BCUT2D eigenvalue weighted by Crippen LogP contribution is 2.30. The van der Waals surface area contributed by atoms with Gasteiger partial charge in [-0.3, -0.25) is 9.69 Å². The van der Waals surface area contributed by atoms with Crippen LogP contribution in [0.1, 0.15) is 51.1 Å². The summed E-state index contributed by atoms with van der Waals surface area (Å²) in [5.74, 6) is 0.574. The summed E-state index contributed by atoms with van der Waals surface area (Å²) in [5.41, 5.74) is -0.0703. The number of ether oxygens (including phenoxy) is 1. The molecular formula is C19H30N2O3. The van der Waals surface area contributed by atoms with Crippen LogP contribution < -0.4 is 10.1 Å². The summed E-state index contributed by atoms with van der Waals surface area (Å²) < 4.78 is 5.33. The van der Waals surface area contributed by atoms with E-state index in [1.54, 1.807) is 7.11 Å². The van der Waals surface area contributed by atoms with Crippen molar-refractivity contribution in [3.63, 3.8) is 0 Å². The highest BCUT2D eigenvalue weighted by molar-refractivity contribution is 5.85. The van der Waals surface area contributed by atoms with Gasteiger partial charge in [0.2, 0.25) is 0 Å². The molecule has 1 atom stereocenters. The second-order valence-electron chi connectivity index (χ2n) is 6.46. The van der Waals surface area contributed by atoms with E-state index in [0.717, 1.165) is 37.2 Å². The molecule has 0 aliphatic heterocycles. The van der Waals surface area contributed by atoms with Crippen LogP contribution in [-0.2, 0) is 4.79 Å². The van der Waals surface area contributed by atoms with Gasteiger partial charge >= 0.3 is 0 Å². The molecule has 1 unspecified atom stereocenters. The molecule has 0 heterocycles. The van der Waals surface area contributed by atoms with Crippen LogP contribution in [0.15, 0.2) is 24.3 Å². The second kappa shape index (κ2) is 8.49. The normalized spacial score (nSPS) is 17.7. The van der Waals surface area contributed by atoms with Crippen molar-refractivity contribution < 1.29 is 14.6 Å². The molecule has 2 rings (SSSR count). The van der Waals surface area contributed by atoms with Gasteiger partial charge in [0.1, 0.15) is 11.4 Å². The number of carbonyl (C=O) groups excluding carboxylic acids is 1. The van der Waals surface area contributed by atoms with Gasteiger partial charge in [0.15, 0.2) is 0 Å². The Balaban J connectivity index is 2.12. The molecule has 5 heteroatoms. The zero-order valence-corrected chi connectivity index (χ0v) is 15.0. The van der Waals surface area contributed by atoms with Gasteiger partial charge in [-0.05, 0) is 56.5 Å². The van der Waals surface area contributed by atoms with Crippen molar-refractivity contribution in [3.8, 4) is 5.75 Å². The van der Waals surface area contributed by atoms with Crippen molar-refractivity contribution in [3.05, 3.63) is 29.8 Å². The molecule has 1 aromatic rings. The minimum Gasteiger partial charge on any atom is -0.497 e. The van der Waals surface area contributed by atoms with Gasteiger partial charge in [-0.15, -0.1) is 0 Å². The fourth-order valence-electron chi connectivity index (χ4n) is 3.51. The van der Waals surface area contributed by atoms with E-state index in [-0.39, 0.29) is 11.9 Å². The number of carbonyl (C=O) groups is 1. The number of methoxy groups -OCH3 is 1. The smallest absolute Gasteiger partial charge is 0.252 e. The molecule has 1 aromatic carbocycles. The summed E-state index contributed by atoms with van der Waals surface area (Å²) in [5, 5.41) is 13.4. The van der Waals surface area contributed by atoms with Crippen LogP contribution in [0, 0.1) is 0 Å². The highest BCUT2D eigenvalue weighted by atomic mass is 16.5. The predicted molar refractivity (Wildman–Crippen MR) is 95.1 cm³/mol. The van der Waals surface area contributed by atoms with E-state index in [4.69, 9.17) is 4.74 Å². The molecule has 1 aliphatic rings. The Morgan fingerprint density at radius 3 is 2.58 bits per heavy atom. The second-order valence-corrected chi connectivity index (χ2v) is 6.46. The number of benzene rings is 1. The molecule has 0 radical (unpaired) electrons. The van der Waals surface area contributed by atoms with Crippen molar-refractivity contribution in [2.45, 2.75) is 51.2 Å². The average Bonchev–Trinajstić information content (AvgIpc) is 3.06. The van der Waals surface area contributed by atoms with E-state index in [1.807, 2.05) is 18.2 Å². The summed E-state index contributed by atoms with van der Waals surface area (Å²) in [7, 11) is 1.66. The number of hydrogen-bond acceptors (Lipinski definition) is 4. The minimum atomic E-state index is -1.18. The first-order valence-electron chi connectivity index (χ1n) is 8.92. The summed E-state index contributed by atoms with van der Waals surface area (Å²) >= 11 is 0. The van der Waals surface area contributed by atoms with Crippen LogP contribution in [0.4, 0.5) is 0 Å². The van der Waals surface area contributed by atoms with Crippen LogP contribution in [0.25, 0.3) is 0 Å². The third kappa shape index (κ3) is 4.28. The maximum absolute atomic E-state index is 12.4. The number of nitrogens with zero attached hydrogens (tertiary/aromatic N) is 1. The van der Waals surface area contributed by atoms with Crippen molar-refractivity contribution in [1.29, 1.82) is 0 Å². The lowest BCUT2D eigenvalue weighted by atomic mass is 10.0. The highest BCUT2D eigenvalue weighted by Gasteiger charge is 2.39. The van der Waals surface area contributed by atoms with Crippen LogP contribution in [0.2, 0.25) is 0 Å². The molecule has 1 amide bonds. The van der Waals surface area contributed by atoms with Crippen LogP contribution in [-0.4, -0.2) is 48.3 Å². The van der Waals surface area contributed by atoms with Gasteiger partial charge < -0.3 is 15.2 Å². The van der Waals surface area contributed by atoms with Gasteiger partial charge in [0.25, 0.3) is 5.91 Å². The molecule has 134 valence electrons. The zero-order valence-electron chi connectivity index (χ0n) is 15.0. The van der Waals surface area contributed by atoms with E-state index < -0.39 is 5.60 Å². The molecule has 0 bridgehead atoms. The molecule has 1 saturated carbocycles. The van der Waals surface area contributed by atoms with Crippen molar-refractivity contribution in [2.24, 2.45) is 0 Å². The quantitative estimate of drug-likeness (QED) is 0.767. The maximum Gasteiger partial charge on any atom is 0.252 e. The first-order valence-corrected chi connectivity index (χ1v) is 8.92. The van der Waals surface area contributed by atoms with E-state index >= 15 is 0 Å². The summed E-state index contributed by atoms with van der Waals surface area (Å²) in [6.07, 6.45) is 2.96. The third-order valence-electron chi connectivity index (χ3n) is 5.04. The number of rotatable bonds is 8. The molecule has 1 aliphatic carbocycles. The molecule has 5 nitrogen and oxygen atoms in total. The minimum absolute atomic E-state index is 0.0593. The summed E-state index contributed by atoms with van der Waals surface area (Å²) in [6, 6.07) is 8.02. The van der Waals surface area contributed by atoms with Gasteiger partial charge in [-0.25, -0.2) is 0 Å². The van der Waals surface area contributed by atoms with Gasteiger partial charge in [0.05, 0.1) is 13.2 Å². The molecule has 0 aromatic heterocycles. The maximum atomic E-state index is 12.4. The molecule has 0 spiro atoms. The first kappa shape index (κ1) is 18.7. The first-order chi connectivity index (χ1) is 11.5. The Bertz CT molecular complexity index is 537. The van der Waals surface area contributed by atoms with E-state index in [9.17, 15) is 9.90 Å². The third-order valence-corrected chi connectivity index (χ3v) is 5.04. The lowest BCUT2D eigenvalue weighted by Crippen LogP contribution is -2.47. The molecule has 1 fully saturated rings. The standard InChI is InChI=1S/C19H30N2O3/c1-4-21(5-2)17(15-9-8-10-16(13-15)24-3)14-20-18(22)19(23)11-6-7-12-19/h8-10,13,17,23H,4-7,11-12,14H2,1-3H3,(H,20,22). The van der Waals surface area contributed by atoms with E-state index in [0.29, 0.717) is 19.4 Å². The van der Waals surface area contributed by atoms with E-state index in [2.05, 4.69) is 30.1 Å².